The lowest BCUT2D eigenvalue weighted by atomic mass is 10.0. The molecule has 3 rings (SSSR count). The zero-order chi connectivity index (χ0) is 16.9. The Morgan fingerprint density at radius 2 is 2.08 bits per heavy atom. The van der Waals surface area contributed by atoms with Gasteiger partial charge in [0.1, 0.15) is 5.01 Å². The zero-order valence-electron chi connectivity index (χ0n) is 13.6. The summed E-state index contributed by atoms with van der Waals surface area (Å²) in [5.41, 5.74) is 1.21. The molecular weight excluding hydrogens is 324 g/mol. The van der Waals surface area contributed by atoms with Crippen molar-refractivity contribution in [2.75, 3.05) is 13.2 Å². The van der Waals surface area contributed by atoms with Crippen molar-refractivity contribution in [1.29, 1.82) is 0 Å². The van der Waals surface area contributed by atoms with Crippen molar-refractivity contribution >= 4 is 23.2 Å². The molecule has 2 aromatic rings. The third-order valence-corrected chi connectivity index (χ3v) is 5.08. The summed E-state index contributed by atoms with van der Waals surface area (Å²) in [4.78, 5) is 30.4. The van der Waals surface area contributed by atoms with E-state index < -0.39 is 5.97 Å². The Labute approximate surface area is 145 Å². The summed E-state index contributed by atoms with van der Waals surface area (Å²) in [6.07, 6.45) is 3.16. The van der Waals surface area contributed by atoms with E-state index in [-0.39, 0.29) is 24.2 Å². The minimum atomic E-state index is -0.550. The minimum Gasteiger partial charge on any atom is -0.451 e. The van der Waals surface area contributed by atoms with Crippen LogP contribution in [0.15, 0.2) is 35.7 Å². The Bertz CT molecular complexity index is 714. The number of amides is 1. The molecule has 0 N–H and O–H groups in total. The normalized spacial score (nSPS) is 17.5. The van der Waals surface area contributed by atoms with E-state index in [1.165, 1.54) is 11.3 Å². The molecule has 1 saturated heterocycles. The van der Waals surface area contributed by atoms with Crippen molar-refractivity contribution in [2.45, 2.75) is 32.2 Å². The van der Waals surface area contributed by atoms with Crippen molar-refractivity contribution in [3.05, 3.63) is 41.4 Å². The van der Waals surface area contributed by atoms with Crippen molar-refractivity contribution in [1.82, 2.24) is 9.88 Å². The largest absolute Gasteiger partial charge is 0.451 e. The Kier molecular flexibility index (Phi) is 5.25. The van der Waals surface area contributed by atoms with Gasteiger partial charge in [-0.05, 0) is 26.2 Å². The number of thiazole rings is 1. The molecule has 0 aliphatic carbocycles. The number of piperidine rings is 1. The van der Waals surface area contributed by atoms with Gasteiger partial charge in [0, 0.05) is 23.5 Å². The van der Waals surface area contributed by atoms with Crippen LogP contribution in [0.4, 0.5) is 0 Å². The molecule has 0 bridgehead atoms. The van der Waals surface area contributed by atoms with Crippen LogP contribution in [0.25, 0.3) is 10.6 Å². The molecular formula is C18H20N2O3S. The molecule has 1 atom stereocenters. The highest BCUT2D eigenvalue weighted by Crippen LogP contribution is 2.23. The van der Waals surface area contributed by atoms with Crippen LogP contribution < -0.4 is 0 Å². The monoisotopic (exact) mass is 344 g/mol. The first kappa shape index (κ1) is 16.6. The molecule has 1 aliphatic rings. The summed E-state index contributed by atoms with van der Waals surface area (Å²) in [5, 5.41) is 2.43. The summed E-state index contributed by atoms with van der Waals surface area (Å²) in [6, 6.07) is 9.87. The first-order chi connectivity index (χ1) is 11.6. The number of aromatic nitrogens is 1. The molecule has 1 aliphatic heterocycles. The van der Waals surface area contributed by atoms with Crippen LogP contribution >= 0.6 is 11.3 Å². The van der Waals surface area contributed by atoms with Crippen LogP contribution in [-0.4, -0.2) is 41.0 Å². The highest BCUT2D eigenvalue weighted by Gasteiger charge is 2.24. The highest BCUT2D eigenvalue weighted by molar-refractivity contribution is 7.13. The lowest BCUT2D eigenvalue weighted by Gasteiger charge is -2.33. The number of hydrogen-bond donors (Lipinski definition) is 0. The molecule has 1 fully saturated rings. The fourth-order valence-electron chi connectivity index (χ4n) is 2.83. The van der Waals surface area contributed by atoms with E-state index in [0.717, 1.165) is 36.4 Å². The van der Waals surface area contributed by atoms with Crippen molar-refractivity contribution in [2.24, 2.45) is 0 Å². The molecule has 1 aromatic heterocycles. The van der Waals surface area contributed by atoms with Crippen molar-refractivity contribution < 1.29 is 14.3 Å². The van der Waals surface area contributed by atoms with Gasteiger partial charge in [-0.25, -0.2) is 9.78 Å². The second-order valence-corrected chi connectivity index (χ2v) is 6.77. The summed E-state index contributed by atoms with van der Waals surface area (Å²) in [5.74, 6) is -0.680. The van der Waals surface area contributed by atoms with E-state index in [1.807, 2.05) is 37.3 Å². The van der Waals surface area contributed by atoms with E-state index >= 15 is 0 Å². The number of carbonyl (C=O) groups is 2. The Hall–Kier alpha value is -2.21. The fourth-order valence-corrected chi connectivity index (χ4v) is 3.63. The summed E-state index contributed by atoms with van der Waals surface area (Å²) in [6.45, 7) is 2.55. The van der Waals surface area contributed by atoms with Gasteiger partial charge in [-0.3, -0.25) is 4.79 Å². The van der Waals surface area contributed by atoms with Gasteiger partial charge in [0.15, 0.2) is 12.3 Å². The summed E-state index contributed by atoms with van der Waals surface area (Å²) >= 11 is 1.39. The first-order valence-electron chi connectivity index (χ1n) is 8.12. The molecule has 24 heavy (non-hydrogen) atoms. The molecule has 6 heteroatoms. The number of rotatable bonds is 4. The van der Waals surface area contributed by atoms with Crippen LogP contribution in [0.3, 0.4) is 0 Å². The summed E-state index contributed by atoms with van der Waals surface area (Å²) in [7, 11) is 0. The van der Waals surface area contributed by atoms with Crippen LogP contribution in [0, 0.1) is 0 Å². The SMILES string of the molecule is C[C@@H]1CCCCN1C(=O)COC(=O)c1csc(-c2ccccc2)n1. The predicted octanol–water partition coefficient (Wildman–Crippen LogP) is 3.37. The Morgan fingerprint density at radius 3 is 2.83 bits per heavy atom. The van der Waals surface area contributed by atoms with Gasteiger partial charge in [0.05, 0.1) is 0 Å². The number of esters is 1. The van der Waals surface area contributed by atoms with Crippen LogP contribution in [0.1, 0.15) is 36.7 Å². The van der Waals surface area contributed by atoms with Gasteiger partial charge in [0.2, 0.25) is 0 Å². The number of ether oxygens (including phenoxy) is 1. The standard InChI is InChI=1S/C18H20N2O3S/c1-13-7-5-6-10-20(13)16(21)11-23-18(22)15-12-24-17(19-15)14-8-3-2-4-9-14/h2-4,8-9,12-13H,5-7,10-11H2,1H3/t13-/m1/s1. The van der Waals surface area contributed by atoms with Crippen LogP contribution in [-0.2, 0) is 9.53 Å². The zero-order valence-corrected chi connectivity index (χ0v) is 14.4. The van der Waals surface area contributed by atoms with E-state index in [9.17, 15) is 9.59 Å². The maximum absolute atomic E-state index is 12.2. The maximum Gasteiger partial charge on any atom is 0.358 e. The third kappa shape index (κ3) is 3.82. The van der Waals surface area contributed by atoms with Crippen molar-refractivity contribution in [3.63, 3.8) is 0 Å². The van der Waals surface area contributed by atoms with Crippen molar-refractivity contribution in [3.8, 4) is 10.6 Å². The molecule has 5 nitrogen and oxygen atoms in total. The smallest absolute Gasteiger partial charge is 0.358 e. The van der Waals surface area contributed by atoms with Crippen LogP contribution in [0.2, 0.25) is 0 Å². The van der Waals surface area contributed by atoms with Gasteiger partial charge in [-0.1, -0.05) is 30.3 Å². The molecule has 0 unspecified atom stereocenters. The molecule has 1 aromatic carbocycles. The number of carbonyl (C=O) groups excluding carboxylic acids is 2. The van der Waals surface area contributed by atoms with Gasteiger partial charge < -0.3 is 9.64 Å². The topological polar surface area (TPSA) is 59.5 Å². The average Bonchev–Trinajstić information content (AvgIpc) is 3.11. The molecule has 0 radical (unpaired) electrons. The molecule has 126 valence electrons. The Morgan fingerprint density at radius 1 is 1.29 bits per heavy atom. The molecule has 2 heterocycles. The minimum absolute atomic E-state index is 0.130. The third-order valence-electron chi connectivity index (χ3n) is 4.18. The molecule has 1 amide bonds. The number of nitrogens with zero attached hydrogens (tertiary/aromatic N) is 2. The average molecular weight is 344 g/mol. The van der Waals surface area contributed by atoms with E-state index in [4.69, 9.17) is 4.74 Å². The van der Waals surface area contributed by atoms with Gasteiger partial charge in [0.25, 0.3) is 5.91 Å². The first-order valence-corrected chi connectivity index (χ1v) is 9.00. The van der Waals surface area contributed by atoms with E-state index in [2.05, 4.69) is 4.98 Å². The van der Waals surface area contributed by atoms with Crippen LogP contribution in [0.5, 0.6) is 0 Å². The number of hydrogen-bond acceptors (Lipinski definition) is 5. The number of likely N-dealkylation sites (tertiary alicyclic amines) is 1. The van der Waals surface area contributed by atoms with E-state index in [1.54, 1.807) is 10.3 Å². The fraction of sp³-hybridized carbons (Fsp3) is 0.389. The molecule has 0 saturated carbocycles. The maximum atomic E-state index is 12.2. The lowest BCUT2D eigenvalue weighted by molar-refractivity contribution is -0.137. The number of benzene rings is 1. The molecule has 0 spiro atoms. The Balaban J connectivity index is 1.57. The quantitative estimate of drug-likeness (QED) is 0.798. The second-order valence-electron chi connectivity index (χ2n) is 5.91. The van der Waals surface area contributed by atoms with Gasteiger partial charge >= 0.3 is 5.97 Å². The highest BCUT2D eigenvalue weighted by atomic mass is 32.1. The predicted molar refractivity (Wildman–Crippen MR) is 92.9 cm³/mol. The van der Waals surface area contributed by atoms with Gasteiger partial charge in [-0.2, -0.15) is 0 Å². The lowest BCUT2D eigenvalue weighted by Crippen LogP contribution is -2.44. The van der Waals surface area contributed by atoms with E-state index in [0.29, 0.717) is 0 Å². The second kappa shape index (κ2) is 7.57. The summed E-state index contributed by atoms with van der Waals surface area (Å²) < 4.78 is 5.15. The van der Waals surface area contributed by atoms with Gasteiger partial charge in [-0.15, -0.1) is 11.3 Å².